The van der Waals surface area contributed by atoms with Crippen molar-refractivity contribution < 1.29 is 14.3 Å². The van der Waals surface area contributed by atoms with Gasteiger partial charge in [-0.05, 0) is 30.9 Å². The molecule has 2 aromatic rings. The van der Waals surface area contributed by atoms with Gasteiger partial charge in [-0.1, -0.05) is 31.9 Å². The molecule has 138 valence electrons. The Bertz CT molecular complexity index is 861. The molecule has 0 bridgehead atoms. The summed E-state index contributed by atoms with van der Waals surface area (Å²) in [7, 11) is 0. The van der Waals surface area contributed by atoms with Crippen molar-refractivity contribution in [2.24, 2.45) is 5.92 Å². The molecule has 1 N–H and O–H groups in total. The third kappa shape index (κ3) is 4.28. The number of ether oxygens (including phenoxy) is 1. The Labute approximate surface area is 151 Å². The molecule has 1 saturated carbocycles. The topological polar surface area (TPSA) is 90.3 Å². The van der Waals surface area contributed by atoms with Crippen molar-refractivity contribution in [3.63, 3.8) is 0 Å². The number of nitrogens with zero attached hydrogens (tertiary/aromatic N) is 2. The van der Waals surface area contributed by atoms with Crippen molar-refractivity contribution in [3.05, 3.63) is 40.9 Å². The number of hydrogen-bond donors (Lipinski definition) is 1. The number of benzene rings is 1. The Balaban J connectivity index is 1.53. The van der Waals surface area contributed by atoms with E-state index in [9.17, 15) is 14.4 Å². The van der Waals surface area contributed by atoms with Gasteiger partial charge in [-0.15, -0.1) is 0 Å². The zero-order valence-corrected chi connectivity index (χ0v) is 14.8. The third-order valence-electron chi connectivity index (χ3n) is 4.85. The summed E-state index contributed by atoms with van der Waals surface area (Å²) < 4.78 is 6.20. The number of fused-ring (bicyclic) bond motifs is 1. The largest absolute Gasteiger partial charge is 0.454 e. The van der Waals surface area contributed by atoms with Crippen LogP contribution >= 0.6 is 0 Å². The average Bonchev–Trinajstić information content (AvgIpc) is 2.64. The van der Waals surface area contributed by atoms with Gasteiger partial charge in [0.15, 0.2) is 6.61 Å². The van der Waals surface area contributed by atoms with E-state index in [0.29, 0.717) is 16.8 Å². The molecular formula is C19H23N3O4. The van der Waals surface area contributed by atoms with E-state index >= 15 is 0 Å². The maximum Gasteiger partial charge on any atom is 0.326 e. The molecule has 7 heteroatoms. The van der Waals surface area contributed by atoms with E-state index in [4.69, 9.17) is 4.74 Å². The number of hydrogen-bond acceptors (Lipinski definition) is 5. The Morgan fingerprint density at radius 1 is 1.27 bits per heavy atom. The lowest BCUT2D eigenvalue weighted by Crippen LogP contribution is -2.43. The third-order valence-corrected chi connectivity index (χ3v) is 4.85. The van der Waals surface area contributed by atoms with Gasteiger partial charge < -0.3 is 10.1 Å². The minimum Gasteiger partial charge on any atom is -0.454 e. The summed E-state index contributed by atoms with van der Waals surface area (Å²) in [4.78, 5) is 40.4. The maximum absolute atomic E-state index is 12.3. The molecule has 0 unspecified atom stereocenters. The zero-order valence-electron chi connectivity index (χ0n) is 14.8. The summed E-state index contributed by atoms with van der Waals surface area (Å²) in [6, 6.07) is 7.06. The quantitative estimate of drug-likeness (QED) is 0.822. The average molecular weight is 357 g/mol. The number of carbonyl (C=O) groups is 2. The van der Waals surface area contributed by atoms with Crippen LogP contribution in [0.25, 0.3) is 10.9 Å². The van der Waals surface area contributed by atoms with E-state index in [0.717, 1.165) is 19.3 Å². The summed E-state index contributed by atoms with van der Waals surface area (Å²) in [5, 5.41) is 3.36. The van der Waals surface area contributed by atoms with E-state index < -0.39 is 5.97 Å². The van der Waals surface area contributed by atoms with E-state index in [1.165, 1.54) is 17.3 Å². The van der Waals surface area contributed by atoms with Crippen molar-refractivity contribution in [1.29, 1.82) is 0 Å². The van der Waals surface area contributed by atoms with E-state index in [1.54, 1.807) is 24.3 Å². The second-order valence-electron chi connectivity index (χ2n) is 6.79. The van der Waals surface area contributed by atoms with Gasteiger partial charge in [0.05, 0.1) is 17.2 Å². The number of esters is 1. The van der Waals surface area contributed by atoms with Crippen LogP contribution in [0.5, 0.6) is 0 Å². The molecule has 1 aliphatic carbocycles. The van der Waals surface area contributed by atoms with Crippen LogP contribution in [0, 0.1) is 5.92 Å². The van der Waals surface area contributed by atoms with Crippen LogP contribution in [0.15, 0.2) is 35.4 Å². The fourth-order valence-corrected chi connectivity index (χ4v) is 3.33. The molecule has 2 atom stereocenters. The van der Waals surface area contributed by atoms with Gasteiger partial charge in [-0.2, -0.15) is 0 Å². The van der Waals surface area contributed by atoms with E-state index in [2.05, 4.69) is 17.2 Å². The van der Waals surface area contributed by atoms with E-state index in [-0.39, 0.29) is 30.7 Å². The van der Waals surface area contributed by atoms with Gasteiger partial charge in [0.2, 0.25) is 0 Å². The summed E-state index contributed by atoms with van der Waals surface area (Å²) >= 11 is 0. The predicted molar refractivity (Wildman–Crippen MR) is 96.5 cm³/mol. The van der Waals surface area contributed by atoms with Crippen molar-refractivity contribution in [1.82, 2.24) is 14.9 Å². The minimum absolute atomic E-state index is 0.141. The van der Waals surface area contributed by atoms with Crippen LogP contribution in [0.2, 0.25) is 0 Å². The van der Waals surface area contributed by atoms with Gasteiger partial charge in [0.25, 0.3) is 11.5 Å². The Hall–Kier alpha value is -2.70. The summed E-state index contributed by atoms with van der Waals surface area (Å²) in [5.41, 5.74) is 0.260. The number of amides is 1. The first-order chi connectivity index (χ1) is 12.5. The van der Waals surface area contributed by atoms with Gasteiger partial charge in [-0.3, -0.25) is 19.0 Å². The number of para-hydroxylation sites is 1. The van der Waals surface area contributed by atoms with Crippen LogP contribution in [0.4, 0.5) is 0 Å². The zero-order chi connectivity index (χ0) is 18.5. The highest BCUT2D eigenvalue weighted by molar-refractivity contribution is 5.81. The Kier molecular flexibility index (Phi) is 5.65. The highest BCUT2D eigenvalue weighted by Crippen LogP contribution is 2.23. The van der Waals surface area contributed by atoms with Crippen LogP contribution in [-0.4, -0.2) is 34.1 Å². The van der Waals surface area contributed by atoms with Gasteiger partial charge in [-0.25, -0.2) is 4.98 Å². The normalized spacial score (nSPS) is 19.9. The molecule has 1 aromatic heterocycles. The molecular weight excluding hydrogens is 334 g/mol. The number of rotatable bonds is 5. The molecule has 1 aromatic carbocycles. The van der Waals surface area contributed by atoms with E-state index in [1.807, 2.05) is 0 Å². The summed E-state index contributed by atoms with van der Waals surface area (Å²) in [5.74, 6) is -0.511. The summed E-state index contributed by atoms with van der Waals surface area (Å²) in [6.45, 7) is 1.51. The Morgan fingerprint density at radius 3 is 2.85 bits per heavy atom. The van der Waals surface area contributed by atoms with Gasteiger partial charge in [0.1, 0.15) is 6.54 Å². The van der Waals surface area contributed by atoms with Crippen molar-refractivity contribution in [2.45, 2.75) is 45.2 Å². The number of carbonyl (C=O) groups excluding carboxylic acids is 2. The molecule has 0 radical (unpaired) electrons. The minimum atomic E-state index is -0.643. The molecule has 0 spiro atoms. The molecule has 7 nitrogen and oxygen atoms in total. The van der Waals surface area contributed by atoms with Crippen molar-refractivity contribution in [2.75, 3.05) is 6.61 Å². The summed E-state index contributed by atoms with van der Waals surface area (Å²) in [6.07, 6.45) is 5.67. The fourth-order valence-electron chi connectivity index (χ4n) is 3.33. The standard InChI is InChI=1S/C19H23N3O4/c1-13-6-2-4-8-15(13)21-17(23)11-26-18(24)10-22-12-20-16-9-5-3-7-14(16)19(22)25/h3,5,7,9,12-13,15H,2,4,6,8,10-11H2,1H3,(H,21,23)/t13-,15-/m1/s1. The Morgan fingerprint density at radius 2 is 2.04 bits per heavy atom. The van der Waals surface area contributed by atoms with Crippen LogP contribution < -0.4 is 10.9 Å². The van der Waals surface area contributed by atoms with Crippen LogP contribution in [0.3, 0.4) is 0 Å². The lowest BCUT2D eigenvalue weighted by Gasteiger charge is -2.29. The molecule has 1 aliphatic rings. The molecule has 0 aliphatic heterocycles. The number of nitrogens with one attached hydrogen (secondary N) is 1. The molecule has 3 rings (SSSR count). The lowest BCUT2D eigenvalue weighted by molar-refractivity contribution is -0.149. The first-order valence-corrected chi connectivity index (χ1v) is 8.94. The first kappa shape index (κ1) is 18.1. The maximum atomic E-state index is 12.3. The second-order valence-corrected chi connectivity index (χ2v) is 6.79. The molecule has 1 heterocycles. The van der Waals surface area contributed by atoms with Crippen LogP contribution in [0.1, 0.15) is 32.6 Å². The monoisotopic (exact) mass is 357 g/mol. The fraction of sp³-hybridized carbons (Fsp3) is 0.474. The second kappa shape index (κ2) is 8.12. The lowest BCUT2D eigenvalue weighted by atomic mass is 9.86. The van der Waals surface area contributed by atoms with Crippen molar-refractivity contribution >= 4 is 22.8 Å². The molecule has 26 heavy (non-hydrogen) atoms. The van der Waals surface area contributed by atoms with Crippen molar-refractivity contribution in [3.8, 4) is 0 Å². The highest BCUT2D eigenvalue weighted by Gasteiger charge is 2.23. The first-order valence-electron chi connectivity index (χ1n) is 8.94. The molecule has 0 saturated heterocycles. The SMILES string of the molecule is C[C@@H]1CCCC[C@H]1NC(=O)COC(=O)Cn1cnc2ccccc2c1=O. The molecule has 1 amide bonds. The van der Waals surface area contributed by atoms with Gasteiger partial charge >= 0.3 is 5.97 Å². The molecule has 1 fully saturated rings. The number of aromatic nitrogens is 2. The smallest absolute Gasteiger partial charge is 0.326 e. The predicted octanol–water partition coefficient (Wildman–Crippen LogP) is 1.63. The highest BCUT2D eigenvalue weighted by atomic mass is 16.5. The van der Waals surface area contributed by atoms with Crippen LogP contribution in [-0.2, 0) is 20.9 Å². The van der Waals surface area contributed by atoms with Gasteiger partial charge in [0, 0.05) is 6.04 Å².